The molecule has 4 rings (SSSR count). The van der Waals surface area contributed by atoms with Crippen LogP contribution in [-0.2, 0) is 11.3 Å². The van der Waals surface area contributed by atoms with Crippen molar-refractivity contribution >= 4 is 5.71 Å². The first-order chi connectivity index (χ1) is 7.92. The van der Waals surface area contributed by atoms with Crippen LogP contribution in [0.5, 0.6) is 11.5 Å². The summed E-state index contributed by atoms with van der Waals surface area (Å²) in [5.41, 5.74) is 3.56. The maximum absolute atomic E-state index is 5.39. The molecule has 0 fully saturated rings. The van der Waals surface area contributed by atoms with Crippen molar-refractivity contribution in [3.05, 3.63) is 23.3 Å². The van der Waals surface area contributed by atoms with E-state index in [2.05, 4.69) is 11.2 Å². The molecular formula is C12H11NO3. The summed E-state index contributed by atoms with van der Waals surface area (Å²) in [4.78, 5) is 5.18. The van der Waals surface area contributed by atoms with Gasteiger partial charge in [0.1, 0.15) is 6.61 Å². The molecule has 0 N–H and O–H groups in total. The smallest absolute Gasteiger partial charge is 0.231 e. The molecule has 0 bridgehead atoms. The van der Waals surface area contributed by atoms with E-state index < -0.39 is 0 Å². The monoisotopic (exact) mass is 217 g/mol. The van der Waals surface area contributed by atoms with Crippen LogP contribution < -0.4 is 9.47 Å². The van der Waals surface area contributed by atoms with E-state index in [0.717, 1.165) is 36.7 Å². The minimum Gasteiger partial charge on any atom is -0.454 e. The average molecular weight is 217 g/mol. The van der Waals surface area contributed by atoms with E-state index in [4.69, 9.17) is 14.3 Å². The summed E-state index contributed by atoms with van der Waals surface area (Å²) in [5.74, 6) is 2.15. The summed E-state index contributed by atoms with van der Waals surface area (Å²) in [6.45, 7) is 1.05. The Morgan fingerprint density at radius 2 is 2.06 bits per heavy atom. The molecular weight excluding hydrogens is 206 g/mol. The highest BCUT2D eigenvalue weighted by Gasteiger charge is 2.32. The summed E-state index contributed by atoms with van der Waals surface area (Å²) in [6, 6.07) is 4.12. The summed E-state index contributed by atoms with van der Waals surface area (Å²) in [7, 11) is 0. The summed E-state index contributed by atoms with van der Waals surface area (Å²) < 4.78 is 10.8. The molecule has 0 spiro atoms. The van der Waals surface area contributed by atoms with Crippen molar-refractivity contribution in [1.82, 2.24) is 0 Å². The van der Waals surface area contributed by atoms with E-state index in [-0.39, 0.29) is 0 Å². The summed E-state index contributed by atoms with van der Waals surface area (Å²) in [5, 5.41) is 4.14. The van der Waals surface area contributed by atoms with Crippen LogP contribution in [0.3, 0.4) is 0 Å². The van der Waals surface area contributed by atoms with Crippen LogP contribution in [0.25, 0.3) is 0 Å². The highest BCUT2D eigenvalue weighted by molar-refractivity contribution is 6.05. The van der Waals surface area contributed by atoms with E-state index in [0.29, 0.717) is 12.7 Å². The van der Waals surface area contributed by atoms with Gasteiger partial charge in [0.05, 0.1) is 5.71 Å². The van der Waals surface area contributed by atoms with Gasteiger partial charge >= 0.3 is 0 Å². The molecule has 3 aliphatic rings. The maximum Gasteiger partial charge on any atom is 0.231 e. The van der Waals surface area contributed by atoms with Crippen molar-refractivity contribution in [2.24, 2.45) is 11.1 Å². The second kappa shape index (κ2) is 2.90. The Bertz CT molecular complexity index is 495. The summed E-state index contributed by atoms with van der Waals surface area (Å²) >= 11 is 0. The molecule has 4 nitrogen and oxygen atoms in total. The number of hydrogen-bond donors (Lipinski definition) is 0. The maximum atomic E-state index is 5.39. The molecule has 2 aliphatic heterocycles. The second-order valence-corrected chi connectivity index (χ2v) is 4.37. The van der Waals surface area contributed by atoms with Crippen molar-refractivity contribution in [3.8, 4) is 11.5 Å². The predicted molar refractivity (Wildman–Crippen MR) is 56.9 cm³/mol. The molecule has 0 saturated carbocycles. The average Bonchev–Trinajstić information content (AvgIpc) is 2.94. The second-order valence-electron chi connectivity index (χ2n) is 4.37. The summed E-state index contributed by atoms with van der Waals surface area (Å²) in [6.07, 6.45) is 2.19. The van der Waals surface area contributed by atoms with E-state index >= 15 is 0 Å². The van der Waals surface area contributed by atoms with Crippen LogP contribution in [0.4, 0.5) is 0 Å². The van der Waals surface area contributed by atoms with Crippen LogP contribution in [0.15, 0.2) is 17.3 Å². The minimum atomic E-state index is 0.324. The molecule has 4 heteroatoms. The van der Waals surface area contributed by atoms with Crippen molar-refractivity contribution in [2.45, 2.75) is 12.8 Å². The number of hydrogen-bond acceptors (Lipinski definition) is 4. The zero-order valence-corrected chi connectivity index (χ0v) is 8.73. The molecule has 0 unspecified atom stereocenters. The Hall–Kier alpha value is -1.71. The number of oxime groups is 1. The Morgan fingerprint density at radius 3 is 3.00 bits per heavy atom. The van der Waals surface area contributed by atoms with Crippen molar-refractivity contribution < 1.29 is 14.3 Å². The zero-order valence-electron chi connectivity index (χ0n) is 8.73. The third kappa shape index (κ3) is 1.01. The lowest BCUT2D eigenvalue weighted by molar-refractivity contribution is 0.153. The van der Waals surface area contributed by atoms with Gasteiger partial charge in [0.2, 0.25) is 6.79 Å². The molecule has 1 aliphatic carbocycles. The van der Waals surface area contributed by atoms with Gasteiger partial charge in [0, 0.05) is 11.5 Å². The lowest BCUT2D eigenvalue weighted by atomic mass is 9.83. The molecule has 0 amide bonds. The van der Waals surface area contributed by atoms with Crippen LogP contribution >= 0.6 is 0 Å². The first-order valence-electron chi connectivity index (χ1n) is 5.54. The number of aryl methyl sites for hydroxylation is 1. The fourth-order valence-corrected chi connectivity index (χ4v) is 2.60. The van der Waals surface area contributed by atoms with Crippen molar-refractivity contribution in [2.75, 3.05) is 13.4 Å². The van der Waals surface area contributed by atoms with Gasteiger partial charge in [0.25, 0.3) is 0 Å². The number of nitrogens with zero attached hydrogens (tertiary/aromatic N) is 1. The zero-order chi connectivity index (χ0) is 10.5. The van der Waals surface area contributed by atoms with Gasteiger partial charge < -0.3 is 14.3 Å². The van der Waals surface area contributed by atoms with Gasteiger partial charge in [0.15, 0.2) is 11.5 Å². The largest absolute Gasteiger partial charge is 0.454 e. The van der Waals surface area contributed by atoms with Gasteiger partial charge in [-0.05, 0) is 30.5 Å². The molecule has 0 aromatic heterocycles. The first-order valence-corrected chi connectivity index (χ1v) is 5.54. The molecule has 0 radical (unpaired) electrons. The van der Waals surface area contributed by atoms with E-state index in [9.17, 15) is 0 Å². The van der Waals surface area contributed by atoms with Crippen molar-refractivity contribution in [1.29, 1.82) is 0 Å². The fraction of sp³-hybridized carbons (Fsp3) is 0.417. The SMILES string of the molecule is c1c2c(cc3c1OCO3)C1=NOC[C@H]1CC2. The van der Waals surface area contributed by atoms with Gasteiger partial charge in [-0.2, -0.15) is 0 Å². The molecule has 2 heterocycles. The molecule has 1 aromatic carbocycles. The molecule has 1 aromatic rings. The van der Waals surface area contributed by atoms with Gasteiger partial charge in [-0.3, -0.25) is 0 Å². The molecule has 0 saturated heterocycles. The van der Waals surface area contributed by atoms with Gasteiger partial charge in [-0.25, -0.2) is 0 Å². The Balaban J connectivity index is 1.90. The number of rotatable bonds is 0. The van der Waals surface area contributed by atoms with Gasteiger partial charge in [-0.1, -0.05) is 5.16 Å². The molecule has 82 valence electrons. The van der Waals surface area contributed by atoms with Crippen LogP contribution in [0.1, 0.15) is 17.5 Å². The number of fused-ring (bicyclic) bond motifs is 4. The van der Waals surface area contributed by atoms with Gasteiger partial charge in [-0.15, -0.1) is 0 Å². The topological polar surface area (TPSA) is 40.0 Å². The lowest BCUT2D eigenvalue weighted by Crippen LogP contribution is -2.22. The Morgan fingerprint density at radius 1 is 1.19 bits per heavy atom. The van der Waals surface area contributed by atoms with E-state index in [1.54, 1.807) is 0 Å². The first kappa shape index (κ1) is 8.44. The normalized spacial score (nSPS) is 24.5. The highest BCUT2D eigenvalue weighted by Crippen LogP contribution is 2.39. The highest BCUT2D eigenvalue weighted by atomic mass is 16.7. The third-order valence-electron chi connectivity index (χ3n) is 3.46. The number of benzene rings is 1. The quantitative estimate of drug-likeness (QED) is 0.664. The Kier molecular flexibility index (Phi) is 1.53. The molecule has 1 atom stereocenters. The molecule has 16 heavy (non-hydrogen) atoms. The lowest BCUT2D eigenvalue weighted by Gasteiger charge is -2.20. The number of ether oxygens (including phenoxy) is 2. The fourth-order valence-electron chi connectivity index (χ4n) is 2.60. The van der Waals surface area contributed by atoms with Crippen LogP contribution in [0, 0.1) is 5.92 Å². The van der Waals surface area contributed by atoms with Crippen LogP contribution in [0.2, 0.25) is 0 Å². The van der Waals surface area contributed by atoms with Crippen molar-refractivity contribution in [3.63, 3.8) is 0 Å². The minimum absolute atomic E-state index is 0.324. The van der Waals surface area contributed by atoms with Crippen LogP contribution in [-0.4, -0.2) is 19.1 Å². The van der Waals surface area contributed by atoms with E-state index in [1.807, 2.05) is 6.07 Å². The van der Waals surface area contributed by atoms with E-state index in [1.165, 1.54) is 11.1 Å². The standard InChI is InChI=1S/C12H11NO3/c1-2-8-5-16-13-12(8)9-4-11-10(3-7(1)9)14-6-15-11/h3-4,8H,1-2,5-6H2/t8-/m1/s1. The Labute approximate surface area is 92.8 Å². The third-order valence-corrected chi connectivity index (χ3v) is 3.46. The predicted octanol–water partition coefficient (Wildman–Crippen LogP) is 1.71.